The molecule has 0 N–H and O–H groups in total. The number of benzene rings is 2. The van der Waals surface area contributed by atoms with Crippen molar-refractivity contribution in [2.75, 3.05) is 0 Å². The van der Waals surface area contributed by atoms with Crippen molar-refractivity contribution in [2.45, 2.75) is 71.1 Å². The van der Waals surface area contributed by atoms with Crippen LogP contribution in [0.15, 0.2) is 59.4 Å². The lowest BCUT2D eigenvalue weighted by Crippen LogP contribution is -2.29. The van der Waals surface area contributed by atoms with Gasteiger partial charge in [-0.1, -0.05) is 75.6 Å². The number of hydrogen-bond acceptors (Lipinski definition) is 3. The van der Waals surface area contributed by atoms with Gasteiger partial charge in [-0.2, -0.15) is 5.26 Å². The van der Waals surface area contributed by atoms with Gasteiger partial charge in [0.15, 0.2) is 0 Å². The van der Waals surface area contributed by atoms with Crippen LogP contribution in [0.25, 0.3) is 5.69 Å². The number of hydrogen-bond donors (Lipinski definition) is 0. The topological polar surface area (TPSA) is 58.7 Å². The first-order valence-corrected chi connectivity index (χ1v) is 12.3. The van der Waals surface area contributed by atoms with Crippen LogP contribution in [0.1, 0.15) is 80.1 Å². The quantitative estimate of drug-likeness (QED) is 0.444. The fourth-order valence-corrected chi connectivity index (χ4v) is 5.12. The van der Waals surface area contributed by atoms with E-state index in [0.717, 1.165) is 60.4 Å². The molecule has 0 saturated heterocycles. The van der Waals surface area contributed by atoms with Crippen molar-refractivity contribution in [1.82, 2.24) is 9.55 Å². The molecule has 0 radical (unpaired) electrons. The number of aromatic nitrogens is 2. The summed E-state index contributed by atoms with van der Waals surface area (Å²) in [6.45, 7) is 4.18. The Labute approximate surface area is 196 Å². The number of para-hydroxylation sites is 1. The fraction of sp³-hybridized carbons (Fsp3) is 0.414. The van der Waals surface area contributed by atoms with Gasteiger partial charge in [0.05, 0.1) is 23.4 Å². The second-order valence-electron chi connectivity index (χ2n) is 9.08. The van der Waals surface area contributed by atoms with Gasteiger partial charge in [0.25, 0.3) is 5.56 Å². The molecule has 1 aliphatic carbocycles. The molecule has 2 atom stereocenters. The Morgan fingerprint density at radius 3 is 2.42 bits per heavy atom. The third kappa shape index (κ3) is 4.93. The molecule has 33 heavy (non-hydrogen) atoms. The largest absolute Gasteiger partial charge is 0.269 e. The Balaban J connectivity index is 1.70. The first-order chi connectivity index (χ1) is 16.2. The molecule has 0 spiro atoms. The first kappa shape index (κ1) is 23.0. The molecule has 1 saturated carbocycles. The molecule has 2 aromatic carbocycles. The van der Waals surface area contributed by atoms with Crippen LogP contribution < -0.4 is 5.56 Å². The summed E-state index contributed by atoms with van der Waals surface area (Å²) >= 11 is 0. The normalized spacial score (nSPS) is 18.1. The summed E-state index contributed by atoms with van der Waals surface area (Å²) in [5, 5.41) is 9.55. The van der Waals surface area contributed by atoms with Crippen molar-refractivity contribution < 1.29 is 0 Å². The van der Waals surface area contributed by atoms with Gasteiger partial charge >= 0.3 is 0 Å². The van der Waals surface area contributed by atoms with Crippen molar-refractivity contribution in [3.8, 4) is 11.8 Å². The first-order valence-electron chi connectivity index (χ1n) is 12.3. The zero-order chi connectivity index (χ0) is 23.2. The maximum Gasteiger partial charge on any atom is 0.261 e. The van der Waals surface area contributed by atoms with Crippen LogP contribution in [-0.2, 0) is 19.3 Å². The maximum absolute atomic E-state index is 13.7. The van der Waals surface area contributed by atoms with Crippen LogP contribution in [-0.4, -0.2) is 9.55 Å². The van der Waals surface area contributed by atoms with Gasteiger partial charge in [-0.05, 0) is 48.4 Å². The summed E-state index contributed by atoms with van der Waals surface area (Å²) in [4.78, 5) is 18.7. The highest BCUT2D eigenvalue weighted by atomic mass is 16.1. The summed E-state index contributed by atoms with van der Waals surface area (Å²) < 4.78 is 1.78. The van der Waals surface area contributed by atoms with Crippen molar-refractivity contribution in [3.05, 3.63) is 93.2 Å². The summed E-state index contributed by atoms with van der Waals surface area (Å²) in [7, 11) is 0. The average molecular weight is 440 g/mol. The molecular formula is C29H33N3O. The van der Waals surface area contributed by atoms with E-state index in [1.54, 1.807) is 4.57 Å². The van der Waals surface area contributed by atoms with Crippen molar-refractivity contribution in [2.24, 2.45) is 5.92 Å². The highest BCUT2D eigenvalue weighted by Crippen LogP contribution is 2.37. The molecule has 170 valence electrons. The monoisotopic (exact) mass is 439 g/mol. The van der Waals surface area contributed by atoms with Gasteiger partial charge < -0.3 is 0 Å². The predicted molar refractivity (Wildman–Crippen MR) is 133 cm³/mol. The smallest absolute Gasteiger partial charge is 0.261 e. The van der Waals surface area contributed by atoms with Gasteiger partial charge in [0.1, 0.15) is 5.82 Å². The summed E-state index contributed by atoms with van der Waals surface area (Å²) in [6, 6.07) is 20.9. The molecule has 1 fully saturated rings. The van der Waals surface area contributed by atoms with E-state index >= 15 is 0 Å². The lowest BCUT2D eigenvalue weighted by Gasteiger charge is -2.27. The summed E-state index contributed by atoms with van der Waals surface area (Å²) in [5.74, 6) is 1.26. The zero-order valence-electron chi connectivity index (χ0n) is 19.8. The molecule has 4 heteroatoms. The van der Waals surface area contributed by atoms with E-state index in [1.165, 1.54) is 12.0 Å². The Morgan fingerprint density at radius 1 is 1.03 bits per heavy atom. The Bertz CT molecular complexity index is 1170. The molecule has 1 aliphatic rings. The molecule has 1 aromatic heterocycles. The summed E-state index contributed by atoms with van der Waals surface area (Å²) in [6.07, 6.45) is 7.47. The van der Waals surface area contributed by atoms with E-state index in [9.17, 15) is 10.1 Å². The predicted octanol–water partition coefficient (Wildman–Crippen LogP) is 6.14. The van der Waals surface area contributed by atoms with Gasteiger partial charge in [0.2, 0.25) is 0 Å². The second-order valence-corrected chi connectivity index (χ2v) is 9.08. The minimum Gasteiger partial charge on any atom is -0.269 e. The van der Waals surface area contributed by atoms with E-state index < -0.39 is 0 Å². The van der Waals surface area contributed by atoms with Gasteiger partial charge in [-0.3, -0.25) is 9.36 Å². The van der Waals surface area contributed by atoms with Gasteiger partial charge in [0, 0.05) is 18.4 Å². The van der Waals surface area contributed by atoms with Crippen molar-refractivity contribution in [3.63, 3.8) is 0 Å². The van der Waals surface area contributed by atoms with Crippen LogP contribution in [0.4, 0.5) is 0 Å². The van der Waals surface area contributed by atoms with E-state index in [1.807, 2.05) is 30.3 Å². The average Bonchev–Trinajstić information content (AvgIpc) is 2.87. The van der Waals surface area contributed by atoms with Crippen molar-refractivity contribution >= 4 is 0 Å². The number of rotatable bonds is 7. The third-order valence-electron chi connectivity index (χ3n) is 6.87. The van der Waals surface area contributed by atoms with Crippen molar-refractivity contribution in [1.29, 1.82) is 5.26 Å². The highest BCUT2D eigenvalue weighted by Gasteiger charge is 2.26. The number of nitriles is 1. The molecule has 0 bridgehead atoms. The molecule has 0 amide bonds. The molecule has 0 aliphatic heterocycles. The molecule has 4 rings (SSSR count). The SMILES string of the molecule is CCCc1nc(CC)n(-c2ccccc2)c(=O)c1Cc1ccc(C2CCCCC2C#N)cc1. The van der Waals surface area contributed by atoms with Crippen LogP contribution in [0.2, 0.25) is 0 Å². The van der Waals surface area contributed by atoms with E-state index in [0.29, 0.717) is 18.8 Å². The van der Waals surface area contributed by atoms with E-state index in [2.05, 4.69) is 44.2 Å². The second kappa shape index (κ2) is 10.6. The molecule has 2 unspecified atom stereocenters. The molecule has 1 heterocycles. The van der Waals surface area contributed by atoms with Crippen LogP contribution in [0.5, 0.6) is 0 Å². The lowest BCUT2D eigenvalue weighted by atomic mass is 9.76. The van der Waals surface area contributed by atoms with Crippen LogP contribution >= 0.6 is 0 Å². The highest BCUT2D eigenvalue weighted by molar-refractivity contribution is 5.37. The van der Waals surface area contributed by atoms with E-state index in [-0.39, 0.29) is 11.5 Å². The Morgan fingerprint density at radius 2 is 1.76 bits per heavy atom. The molecular weight excluding hydrogens is 406 g/mol. The fourth-order valence-electron chi connectivity index (χ4n) is 5.12. The van der Waals surface area contributed by atoms with Gasteiger partial charge in [-0.15, -0.1) is 0 Å². The molecule has 3 aromatic rings. The maximum atomic E-state index is 13.7. The lowest BCUT2D eigenvalue weighted by molar-refractivity contribution is 0.369. The Hall–Kier alpha value is -3.19. The van der Waals surface area contributed by atoms with Gasteiger partial charge in [-0.25, -0.2) is 4.98 Å². The number of aryl methyl sites for hydroxylation is 2. The van der Waals surface area contributed by atoms with Crippen LogP contribution in [0, 0.1) is 17.2 Å². The Kier molecular flexibility index (Phi) is 7.40. The number of nitrogens with zero attached hydrogens (tertiary/aromatic N) is 3. The molecule has 4 nitrogen and oxygen atoms in total. The third-order valence-corrected chi connectivity index (χ3v) is 6.87. The summed E-state index contributed by atoms with van der Waals surface area (Å²) in [5.41, 5.74) is 4.98. The minimum absolute atomic E-state index is 0.0393. The standard InChI is InChI=1S/C29H33N3O/c1-3-10-27-26(29(33)32(28(4-2)31-27)24-12-6-5-7-13-24)19-21-15-17-22(18-16-21)25-14-9-8-11-23(25)20-30/h5-7,12-13,15-18,23,25H,3-4,8-11,14,19H2,1-2H3. The van der Waals surface area contributed by atoms with Crippen LogP contribution in [0.3, 0.4) is 0 Å². The van der Waals surface area contributed by atoms with E-state index in [4.69, 9.17) is 4.98 Å². The minimum atomic E-state index is 0.0393. The zero-order valence-corrected chi connectivity index (χ0v) is 19.8.